The van der Waals surface area contributed by atoms with E-state index in [-0.39, 0.29) is 40.1 Å². The van der Waals surface area contributed by atoms with Gasteiger partial charge in [-0.25, -0.2) is 8.78 Å². The fourth-order valence-corrected chi connectivity index (χ4v) is 6.61. The van der Waals surface area contributed by atoms with Crippen LogP contribution < -0.4 is 10.6 Å². The molecule has 0 radical (unpaired) electrons. The van der Waals surface area contributed by atoms with E-state index in [0.717, 1.165) is 47.8 Å². The maximum Gasteiger partial charge on any atom is 0.256 e. The van der Waals surface area contributed by atoms with Gasteiger partial charge in [0.1, 0.15) is 11.6 Å². The minimum absolute atomic E-state index is 0. The molecule has 2 aliphatic heterocycles. The lowest BCUT2D eigenvalue weighted by molar-refractivity contribution is -0.110. The van der Waals surface area contributed by atoms with Gasteiger partial charge in [0.15, 0.2) is 0 Å². The molecule has 2 amide bonds. The van der Waals surface area contributed by atoms with Crippen molar-refractivity contribution in [3.05, 3.63) is 81.7 Å². The van der Waals surface area contributed by atoms with Crippen LogP contribution in [0.15, 0.2) is 41.3 Å². The smallest absolute Gasteiger partial charge is 0.256 e. The fourth-order valence-electron chi connectivity index (χ4n) is 5.66. The van der Waals surface area contributed by atoms with E-state index < -0.39 is 11.6 Å². The first-order chi connectivity index (χ1) is 19.3. The molecule has 1 aromatic heterocycles. The van der Waals surface area contributed by atoms with Gasteiger partial charge in [-0.3, -0.25) is 9.59 Å². The molecule has 1 atom stereocenters. The lowest BCUT2D eigenvalue weighted by Gasteiger charge is -2.25. The summed E-state index contributed by atoms with van der Waals surface area (Å²) in [5.41, 5.74) is 4.88. The van der Waals surface area contributed by atoms with Crippen LogP contribution in [0.1, 0.15) is 64.1 Å². The normalized spacial score (nSPS) is 18.5. The highest BCUT2D eigenvalue weighted by molar-refractivity contribution is 7.98. The van der Waals surface area contributed by atoms with Gasteiger partial charge >= 0.3 is 0 Å². The number of rotatable bonds is 8. The number of carbonyl (C=O) groups excluding carboxylic acids is 2. The maximum atomic E-state index is 14.1. The van der Waals surface area contributed by atoms with Crippen molar-refractivity contribution in [1.82, 2.24) is 15.2 Å². The second-order valence-electron chi connectivity index (χ2n) is 10.8. The summed E-state index contributed by atoms with van der Waals surface area (Å²) in [4.78, 5) is 32.8. The summed E-state index contributed by atoms with van der Waals surface area (Å²) in [5, 5.41) is 6.46. The lowest BCUT2D eigenvalue weighted by Crippen LogP contribution is -2.42. The van der Waals surface area contributed by atoms with E-state index in [1.807, 2.05) is 30.9 Å². The van der Waals surface area contributed by atoms with Gasteiger partial charge in [0.2, 0.25) is 0 Å². The average molecular weight is 599 g/mol. The zero-order valence-electron chi connectivity index (χ0n) is 23.6. The Hall–Kier alpha value is -3.51. The lowest BCUT2D eigenvalue weighted by atomic mass is 10.0. The summed E-state index contributed by atoms with van der Waals surface area (Å²) in [7, 11) is 0. The van der Waals surface area contributed by atoms with Gasteiger partial charge in [-0.15, -0.1) is 11.8 Å². The van der Waals surface area contributed by atoms with Crippen molar-refractivity contribution in [2.24, 2.45) is 0 Å². The molecule has 6 rings (SSSR count). The molecule has 2 fully saturated rings. The van der Waals surface area contributed by atoms with Gasteiger partial charge in [0, 0.05) is 64.0 Å². The number of nitrogens with zero attached hydrogens (tertiary/aromatic N) is 1. The van der Waals surface area contributed by atoms with Crippen LogP contribution >= 0.6 is 11.8 Å². The van der Waals surface area contributed by atoms with E-state index in [4.69, 9.17) is 0 Å². The Balaban J connectivity index is 0.00000202. The van der Waals surface area contributed by atoms with Crippen LogP contribution in [0.25, 0.3) is 11.6 Å². The molecule has 0 bridgehead atoms. The zero-order valence-corrected chi connectivity index (χ0v) is 24.4. The number of nitrogens with one attached hydrogen (secondary N) is 3. The summed E-state index contributed by atoms with van der Waals surface area (Å²) in [5.74, 6) is -1.22. The predicted molar refractivity (Wildman–Crippen MR) is 161 cm³/mol. The molecular formula is C31H36F2N4O4S. The van der Waals surface area contributed by atoms with Crippen molar-refractivity contribution >= 4 is 40.9 Å². The van der Waals surface area contributed by atoms with Crippen molar-refractivity contribution in [2.45, 2.75) is 62.3 Å². The van der Waals surface area contributed by atoms with Crippen molar-refractivity contribution in [3.63, 3.8) is 0 Å². The number of carbonyl (C=O) groups is 2. The molecule has 3 heterocycles. The van der Waals surface area contributed by atoms with Crippen LogP contribution in [0.2, 0.25) is 0 Å². The average Bonchev–Trinajstić information content (AvgIpc) is 3.44. The van der Waals surface area contributed by atoms with Gasteiger partial charge in [-0.05, 0) is 81.5 Å². The van der Waals surface area contributed by atoms with Crippen LogP contribution in [0.3, 0.4) is 0 Å². The molecule has 42 heavy (non-hydrogen) atoms. The third-order valence-corrected chi connectivity index (χ3v) is 9.08. The van der Waals surface area contributed by atoms with Gasteiger partial charge in [-0.2, -0.15) is 0 Å². The molecular weight excluding hydrogens is 562 g/mol. The van der Waals surface area contributed by atoms with Crippen LogP contribution in [-0.4, -0.2) is 57.8 Å². The Labute approximate surface area is 247 Å². The van der Waals surface area contributed by atoms with Crippen LogP contribution in [0.4, 0.5) is 14.5 Å². The number of hydrogen-bond donors (Lipinski definition) is 3. The van der Waals surface area contributed by atoms with Crippen molar-refractivity contribution in [3.8, 4) is 0 Å². The van der Waals surface area contributed by atoms with E-state index in [1.165, 1.54) is 42.8 Å². The van der Waals surface area contributed by atoms with Crippen molar-refractivity contribution < 1.29 is 29.3 Å². The number of halogens is 2. The Morgan fingerprint density at radius 3 is 2.57 bits per heavy atom. The number of benzene rings is 2. The molecule has 3 aliphatic rings. The number of likely N-dealkylation sites (tertiary alicyclic amines) is 1. The van der Waals surface area contributed by atoms with E-state index in [0.29, 0.717) is 28.4 Å². The highest BCUT2D eigenvalue weighted by atomic mass is 32.2. The molecule has 8 nitrogen and oxygen atoms in total. The minimum atomic E-state index is -0.576. The van der Waals surface area contributed by atoms with E-state index in [9.17, 15) is 18.4 Å². The van der Waals surface area contributed by atoms with Gasteiger partial charge < -0.3 is 31.5 Å². The Morgan fingerprint density at radius 1 is 1.12 bits per heavy atom. The number of hydrogen-bond acceptors (Lipinski definition) is 4. The molecule has 224 valence electrons. The molecule has 2 aromatic carbocycles. The Bertz CT molecular complexity index is 1520. The predicted octanol–water partition coefficient (Wildman–Crippen LogP) is 4.40. The summed E-state index contributed by atoms with van der Waals surface area (Å²) >= 11 is 1.31. The van der Waals surface area contributed by atoms with E-state index in [1.54, 1.807) is 12.1 Å². The van der Waals surface area contributed by atoms with Gasteiger partial charge in [0.25, 0.3) is 11.8 Å². The number of thioether (sulfide) groups is 1. The first-order valence-corrected chi connectivity index (χ1v) is 14.8. The summed E-state index contributed by atoms with van der Waals surface area (Å²) < 4.78 is 28.2. The molecule has 7 N–H and O–H groups in total. The summed E-state index contributed by atoms with van der Waals surface area (Å²) in [6.45, 7) is 5.40. The van der Waals surface area contributed by atoms with E-state index >= 15 is 0 Å². The monoisotopic (exact) mass is 598 g/mol. The number of fused-ring (bicyclic) bond motifs is 1. The first-order valence-electron chi connectivity index (χ1n) is 13.8. The number of H-pyrrole nitrogens is 1. The second-order valence-corrected chi connectivity index (χ2v) is 11.9. The molecule has 1 saturated carbocycles. The van der Waals surface area contributed by atoms with Gasteiger partial charge in [-0.1, -0.05) is 6.07 Å². The molecule has 1 saturated heterocycles. The third kappa shape index (κ3) is 6.14. The molecule has 0 spiro atoms. The molecule has 11 heteroatoms. The van der Waals surface area contributed by atoms with Crippen LogP contribution in [0.5, 0.6) is 0 Å². The first kappa shape index (κ1) is 31.4. The van der Waals surface area contributed by atoms with Crippen LogP contribution in [0, 0.1) is 25.5 Å². The standard InChI is InChI=1S/C31H32F2N4O2S.2H2O/c1-17-28(35-18(2)29(17)31(39)37-12-4-5-20(37)15-34-19-8-9-19)14-23-22-13-21(10-11-27(22)36-30(23)38)40-16-24-25(32)6-3-7-26(24)33;;/h3,6-7,10-11,13-14,19-20,34-35H,4-5,8-9,12,15-16H2,1-2H3,(H,36,38);2*1H2/b23-14-;;/t20-;;/m0../s1. The highest BCUT2D eigenvalue weighted by Gasteiger charge is 2.33. The molecule has 1 aliphatic carbocycles. The maximum absolute atomic E-state index is 14.1. The fraction of sp³-hybridized carbons (Fsp3) is 0.355. The minimum Gasteiger partial charge on any atom is -0.412 e. The van der Waals surface area contributed by atoms with Crippen molar-refractivity contribution in [2.75, 3.05) is 18.4 Å². The molecule has 3 aromatic rings. The summed E-state index contributed by atoms with van der Waals surface area (Å²) in [6.07, 6.45) is 6.24. The molecule has 0 unspecified atom stereocenters. The number of amides is 2. The topological polar surface area (TPSA) is 140 Å². The van der Waals surface area contributed by atoms with Gasteiger partial charge in [0.05, 0.1) is 11.1 Å². The number of aromatic amines is 1. The van der Waals surface area contributed by atoms with Crippen LogP contribution in [-0.2, 0) is 10.5 Å². The SMILES string of the molecule is Cc1[nH]c(/C=C2\C(=O)Nc3ccc(SCc4c(F)cccc4F)cc32)c(C)c1C(=O)N1CCC[C@H]1CNC1CC1.O.O. The number of aryl methyl sites for hydroxylation is 1. The number of anilines is 1. The zero-order chi connectivity index (χ0) is 28.0. The quantitative estimate of drug-likeness (QED) is 0.261. The van der Waals surface area contributed by atoms with Crippen molar-refractivity contribution in [1.29, 1.82) is 0 Å². The second kappa shape index (κ2) is 12.8. The highest BCUT2D eigenvalue weighted by Crippen LogP contribution is 2.38. The largest absolute Gasteiger partial charge is 0.412 e. The third-order valence-electron chi connectivity index (χ3n) is 8.06. The Kier molecular flexibility index (Phi) is 9.56. The van der Waals surface area contributed by atoms with E-state index in [2.05, 4.69) is 15.6 Å². The number of aromatic nitrogens is 1. The summed E-state index contributed by atoms with van der Waals surface area (Å²) in [6, 6.07) is 10.1. The Morgan fingerprint density at radius 2 is 1.86 bits per heavy atom.